The van der Waals surface area contributed by atoms with E-state index in [9.17, 15) is 37.9 Å². The number of fused-ring (bicyclic) bond motifs is 1. The van der Waals surface area contributed by atoms with Crippen LogP contribution in [-0.2, 0) is 55.9 Å². The molecule has 24 heteroatoms. The smallest absolute Gasteiger partial charge is 0.333 e. The monoisotopic (exact) mass is 1040 g/mol. The number of amides is 1. The van der Waals surface area contributed by atoms with Crippen LogP contribution in [-0.4, -0.2) is 138 Å². The Labute approximate surface area is 405 Å². The molecule has 2 aromatic heterocycles. The topological polar surface area (TPSA) is 232 Å². The Balaban J connectivity index is 1.78. The fraction of sp³-hybridized carbons (Fsp3) is 0.762. The summed E-state index contributed by atoms with van der Waals surface area (Å²) in [7, 11) is -7.76. The average molecular weight is 1040 g/mol. The molecular weight excluding hydrogens is 973 g/mol. The SMILES string of the molecule is CC(C)(C)C(=O)SCCOP(=O)(CCO[C@@H]1CN(C(=O)CCP(=O)(OCCSC(=O)C(C)(C)C)OCCSC(=O)C(C)(C)C)C[C@H]1n1cnc2c(=O)[nH]cnc21)OCCSC(=O)C(C)(C)C. The minimum atomic E-state index is -3.91. The number of thioether (sulfide) groups is 4. The lowest BCUT2D eigenvalue weighted by Gasteiger charge is -2.23. The van der Waals surface area contributed by atoms with E-state index in [0.29, 0.717) is 0 Å². The predicted octanol–water partition coefficient (Wildman–Crippen LogP) is 7.95. The molecule has 3 rings (SSSR count). The van der Waals surface area contributed by atoms with Gasteiger partial charge in [-0.25, -0.2) is 9.97 Å². The van der Waals surface area contributed by atoms with Crippen LogP contribution < -0.4 is 5.56 Å². The Morgan fingerprint density at radius 2 is 1.05 bits per heavy atom. The second kappa shape index (κ2) is 25.3. The van der Waals surface area contributed by atoms with Gasteiger partial charge in [-0.3, -0.25) is 37.9 Å². The Morgan fingerprint density at radius 3 is 1.45 bits per heavy atom. The lowest BCUT2D eigenvalue weighted by Crippen LogP contribution is -2.31. The molecule has 1 saturated heterocycles. The summed E-state index contributed by atoms with van der Waals surface area (Å²) in [5.41, 5.74) is -2.44. The number of ether oxygens (including phenoxy) is 1. The highest BCUT2D eigenvalue weighted by Gasteiger charge is 2.40. The molecule has 0 aliphatic carbocycles. The van der Waals surface area contributed by atoms with Crippen LogP contribution in [0.1, 0.15) is 95.5 Å². The molecule has 374 valence electrons. The molecule has 1 fully saturated rings. The van der Waals surface area contributed by atoms with Gasteiger partial charge < -0.3 is 37.3 Å². The van der Waals surface area contributed by atoms with Gasteiger partial charge in [-0.15, -0.1) is 0 Å². The van der Waals surface area contributed by atoms with Gasteiger partial charge in [-0.05, 0) is 0 Å². The second-order valence-corrected chi connectivity index (χ2v) is 28.3. The molecule has 1 aliphatic rings. The van der Waals surface area contributed by atoms with Gasteiger partial charge in [0, 0.05) is 64.2 Å². The van der Waals surface area contributed by atoms with Crippen LogP contribution in [0.3, 0.4) is 0 Å². The number of rotatable bonds is 24. The molecule has 0 bridgehead atoms. The van der Waals surface area contributed by atoms with E-state index in [1.165, 1.54) is 17.6 Å². The number of aromatic nitrogens is 4. The van der Waals surface area contributed by atoms with E-state index in [2.05, 4.69) is 15.0 Å². The van der Waals surface area contributed by atoms with Crippen molar-refractivity contribution in [2.75, 3.05) is 81.5 Å². The van der Waals surface area contributed by atoms with E-state index in [-0.39, 0.29) is 120 Å². The predicted molar refractivity (Wildman–Crippen MR) is 265 cm³/mol. The van der Waals surface area contributed by atoms with Gasteiger partial charge in [-0.1, -0.05) is 130 Å². The molecule has 2 atom stereocenters. The van der Waals surface area contributed by atoms with Crippen molar-refractivity contribution in [3.63, 3.8) is 0 Å². The maximum absolute atomic E-state index is 14.2. The lowest BCUT2D eigenvalue weighted by atomic mass is 9.99. The first-order valence-corrected chi connectivity index (χ1v) is 29.1. The molecule has 0 unspecified atom stereocenters. The van der Waals surface area contributed by atoms with Crippen molar-refractivity contribution in [2.24, 2.45) is 21.7 Å². The van der Waals surface area contributed by atoms with Crippen LogP contribution >= 0.6 is 62.2 Å². The summed E-state index contributed by atoms with van der Waals surface area (Å²) in [6.45, 7) is 21.3. The highest BCUT2D eigenvalue weighted by atomic mass is 32.2. The van der Waals surface area contributed by atoms with E-state index in [4.69, 9.17) is 22.8 Å². The van der Waals surface area contributed by atoms with Crippen molar-refractivity contribution in [3.8, 4) is 0 Å². The van der Waals surface area contributed by atoms with Crippen LogP contribution in [0.4, 0.5) is 0 Å². The first-order valence-electron chi connectivity index (χ1n) is 21.7. The molecule has 18 nitrogen and oxygen atoms in total. The third-order valence-electron chi connectivity index (χ3n) is 9.48. The zero-order valence-electron chi connectivity index (χ0n) is 40.3. The van der Waals surface area contributed by atoms with Crippen molar-refractivity contribution >= 4 is 99.8 Å². The summed E-state index contributed by atoms with van der Waals surface area (Å²) < 4.78 is 59.5. The molecule has 0 spiro atoms. The van der Waals surface area contributed by atoms with Gasteiger partial charge in [0.1, 0.15) is 0 Å². The lowest BCUT2D eigenvalue weighted by molar-refractivity contribution is -0.130. The van der Waals surface area contributed by atoms with Crippen molar-refractivity contribution in [2.45, 2.75) is 102 Å². The van der Waals surface area contributed by atoms with Crippen LogP contribution in [0.25, 0.3) is 11.2 Å². The molecule has 3 heterocycles. The number of hydrogen-bond donors (Lipinski definition) is 1. The highest BCUT2D eigenvalue weighted by molar-refractivity contribution is 8.14. The summed E-state index contributed by atoms with van der Waals surface area (Å²) in [6, 6.07) is -0.622. The Kier molecular flexibility index (Phi) is 22.4. The number of aromatic amines is 1. The summed E-state index contributed by atoms with van der Waals surface area (Å²) in [4.78, 5) is 89.2. The number of hydrogen-bond acceptors (Lipinski definition) is 19. The van der Waals surface area contributed by atoms with E-state index in [0.717, 1.165) is 47.0 Å². The highest BCUT2D eigenvalue weighted by Crippen LogP contribution is 2.50. The Bertz CT molecular complexity index is 2070. The summed E-state index contributed by atoms with van der Waals surface area (Å²) >= 11 is 4.24. The van der Waals surface area contributed by atoms with Crippen LogP contribution in [0.2, 0.25) is 0 Å². The largest absolute Gasteiger partial charge is 0.373 e. The van der Waals surface area contributed by atoms with E-state index in [1.807, 2.05) is 0 Å². The molecule has 1 aliphatic heterocycles. The first-order chi connectivity index (χ1) is 30.5. The van der Waals surface area contributed by atoms with Crippen LogP contribution in [0.5, 0.6) is 0 Å². The zero-order valence-corrected chi connectivity index (χ0v) is 45.4. The molecule has 1 N–H and O–H groups in total. The minimum absolute atomic E-state index is 0.0403. The van der Waals surface area contributed by atoms with Crippen LogP contribution in [0.15, 0.2) is 17.4 Å². The zero-order chi connectivity index (χ0) is 49.7. The maximum atomic E-state index is 14.2. The normalized spacial score (nSPS) is 16.6. The average Bonchev–Trinajstić information content (AvgIpc) is 3.84. The summed E-state index contributed by atoms with van der Waals surface area (Å²) in [5.74, 6) is 0.498. The molecular formula is C42H69N5O13P2S4. The first kappa shape index (κ1) is 58.5. The fourth-order valence-electron chi connectivity index (χ4n) is 5.65. The minimum Gasteiger partial charge on any atom is -0.373 e. The van der Waals surface area contributed by atoms with Crippen molar-refractivity contribution in [1.82, 2.24) is 24.4 Å². The standard InChI is InChI=1S/C42H69N5O13P2S4/c1-39(2,3)35(50)63-21-15-57-61(54,58-16-22-64-36(51)40(4,5)6)19-13-31(48)46-25-29(47-28-45-32-33(47)43-27-44-34(32)49)30(26-46)56-14-20-62(55,59-17-23-65-37(52)41(7,8)9)60-18-24-66-38(53)42(10,11)12/h27-30H,13-26H2,1-12H3,(H,43,44,49)/t29-,30-/m1/s1. The number of imidazole rings is 1. The Morgan fingerprint density at radius 1 is 0.636 bits per heavy atom. The van der Waals surface area contributed by atoms with Gasteiger partial charge in [-0.2, -0.15) is 0 Å². The third kappa shape index (κ3) is 19.2. The quantitative estimate of drug-likeness (QED) is 0.0776. The number of carbonyl (C=O) groups excluding carboxylic acids is 5. The molecule has 1 amide bonds. The van der Waals surface area contributed by atoms with Gasteiger partial charge in [0.05, 0.1) is 70.2 Å². The number of nitrogens with zero attached hydrogens (tertiary/aromatic N) is 4. The molecule has 0 saturated carbocycles. The van der Waals surface area contributed by atoms with Gasteiger partial charge in [0.2, 0.25) is 5.91 Å². The van der Waals surface area contributed by atoms with Gasteiger partial charge in [0.15, 0.2) is 31.6 Å². The van der Waals surface area contributed by atoms with E-state index >= 15 is 0 Å². The van der Waals surface area contributed by atoms with Crippen molar-refractivity contribution in [1.29, 1.82) is 0 Å². The fourth-order valence-corrected chi connectivity index (χ4v) is 12.2. The summed E-state index contributed by atoms with van der Waals surface area (Å²) in [5, 5.41) is -0.220. The summed E-state index contributed by atoms with van der Waals surface area (Å²) in [6.07, 6.45) is 1.22. The number of likely N-dealkylation sites (tertiary alicyclic amines) is 1. The third-order valence-corrected chi connectivity index (χ3v) is 18.3. The number of nitrogens with one attached hydrogen (secondary N) is 1. The Hall–Kier alpha value is -1.84. The number of carbonyl (C=O) groups is 5. The van der Waals surface area contributed by atoms with E-state index < -0.39 is 60.5 Å². The molecule has 0 aromatic carbocycles. The maximum Gasteiger partial charge on any atom is 0.333 e. The molecule has 2 aromatic rings. The number of H-pyrrole nitrogens is 1. The molecule has 0 radical (unpaired) electrons. The van der Waals surface area contributed by atoms with Crippen molar-refractivity contribution < 1.29 is 55.9 Å². The van der Waals surface area contributed by atoms with Crippen LogP contribution in [0, 0.1) is 21.7 Å². The van der Waals surface area contributed by atoms with E-state index in [1.54, 1.807) is 87.7 Å². The van der Waals surface area contributed by atoms with Crippen molar-refractivity contribution in [3.05, 3.63) is 23.0 Å². The second-order valence-electron chi connectivity index (χ2n) is 19.6. The molecule has 66 heavy (non-hydrogen) atoms. The van der Waals surface area contributed by atoms with Gasteiger partial charge in [0.25, 0.3) is 5.56 Å². The van der Waals surface area contributed by atoms with Gasteiger partial charge >= 0.3 is 15.2 Å².